The summed E-state index contributed by atoms with van der Waals surface area (Å²) < 4.78 is 10.3. The average Bonchev–Trinajstić information content (AvgIpc) is 2.40. The molecule has 0 aliphatic rings. The van der Waals surface area contributed by atoms with Gasteiger partial charge in [-0.2, -0.15) is 0 Å². The van der Waals surface area contributed by atoms with Gasteiger partial charge in [-0.25, -0.2) is 0 Å². The van der Waals surface area contributed by atoms with Crippen LogP contribution in [0.15, 0.2) is 12.1 Å². The lowest BCUT2D eigenvalue weighted by atomic mass is 10.0. The Labute approximate surface area is 114 Å². The largest absolute Gasteiger partial charge is 0.493 e. The summed E-state index contributed by atoms with van der Waals surface area (Å²) >= 11 is 0. The van der Waals surface area contributed by atoms with E-state index < -0.39 is 0 Å². The van der Waals surface area contributed by atoms with Gasteiger partial charge in [0.05, 0.1) is 25.6 Å². The number of anilines is 2. The molecule has 0 saturated heterocycles. The summed E-state index contributed by atoms with van der Waals surface area (Å²) in [5.74, 6) is 1.38. The van der Waals surface area contributed by atoms with E-state index in [0.29, 0.717) is 35.2 Å². The van der Waals surface area contributed by atoms with E-state index in [4.69, 9.17) is 15.2 Å². The molecule has 1 amide bonds. The van der Waals surface area contributed by atoms with E-state index in [1.807, 2.05) is 6.92 Å². The quantitative estimate of drug-likeness (QED) is 0.776. The summed E-state index contributed by atoms with van der Waals surface area (Å²) in [5.41, 5.74) is 6.88. The lowest BCUT2D eigenvalue weighted by Crippen LogP contribution is -2.16. The van der Waals surface area contributed by atoms with Crippen molar-refractivity contribution in [1.29, 1.82) is 0 Å². The van der Waals surface area contributed by atoms with Crippen molar-refractivity contribution in [2.45, 2.75) is 26.7 Å². The van der Waals surface area contributed by atoms with Crippen molar-refractivity contribution in [1.82, 2.24) is 0 Å². The van der Waals surface area contributed by atoms with Crippen LogP contribution in [0.2, 0.25) is 0 Å². The van der Waals surface area contributed by atoms with Crippen LogP contribution in [0.3, 0.4) is 0 Å². The van der Waals surface area contributed by atoms with Gasteiger partial charge in [-0.1, -0.05) is 20.3 Å². The molecular weight excluding hydrogens is 244 g/mol. The van der Waals surface area contributed by atoms with E-state index in [2.05, 4.69) is 12.2 Å². The molecule has 5 nitrogen and oxygen atoms in total. The van der Waals surface area contributed by atoms with Crippen LogP contribution in [-0.2, 0) is 4.79 Å². The number of carbonyl (C=O) groups is 1. The molecule has 1 rings (SSSR count). The first-order valence-corrected chi connectivity index (χ1v) is 6.33. The first-order chi connectivity index (χ1) is 9.01. The predicted octanol–water partition coefficient (Wildman–Crippen LogP) is 2.66. The monoisotopic (exact) mass is 266 g/mol. The van der Waals surface area contributed by atoms with E-state index in [1.165, 1.54) is 0 Å². The van der Waals surface area contributed by atoms with Crippen LogP contribution in [-0.4, -0.2) is 20.1 Å². The number of hydrogen-bond acceptors (Lipinski definition) is 4. The zero-order chi connectivity index (χ0) is 14.4. The van der Waals surface area contributed by atoms with Gasteiger partial charge in [-0.15, -0.1) is 0 Å². The Morgan fingerprint density at radius 1 is 1.32 bits per heavy atom. The summed E-state index contributed by atoms with van der Waals surface area (Å²) in [5, 5.41) is 2.80. The minimum Gasteiger partial charge on any atom is -0.493 e. The Balaban J connectivity index is 2.86. The molecule has 1 atom stereocenters. The third-order valence-corrected chi connectivity index (χ3v) is 3.06. The molecule has 0 radical (unpaired) electrons. The molecule has 5 heteroatoms. The second kappa shape index (κ2) is 6.87. The highest BCUT2D eigenvalue weighted by atomic mass is 16.5. The average molecular weight is 266 g/mol. The van der Waals surface area contributed by atoms with Crippen LogP contribution in [0.4, 0.5) is 11.4 Å². The number of nitrogens with one attached hydrogen (secondary N) is 1. The molecule has 0 aliphatic heterocycles. The minimum absolute atomic E-state index is 0.0479. The topological polar surface area (TPSA) is 73.6 Å². The maximum Gasteiger partial charge on any atom is 0.224 e. The normalized spacial score (nSPS) is 11.8. The van der Waals surface area contributed by atoms with Gasteiger partial charge in [0.25, 0.3) is 0 Å². The number of carbonyl (C=O) groups excluding carboxylic acids is 1. The highest BCUT2D eigenvalue weighted by Gasteiger charge is 2.13. The molecule has 0 aliphatic carbocycles. The summed E-state index contributed by atoms with van der Waals surface area (Å²) in [6, 6.07) is 3.31. The number of hydrogen-bond donors (Lipinski definition) is 2. The Hall–Kier alpha value is -1.91. The number of nitrogen functional groups attached to an aromatic ring is 1. The molecule has 19 heavy (non-hydrogen) atoms. The van der Waals surface area contributed by atoms with E-state index in [9.17, 15) is 4.79 Å². The van der Waals surface area contributed by atoms with Crippen molar-refractivity contribution in [3.63, 3.8) is 0 Å². The van der Waals surface area contributed by atoms with Crippen molar-refractivity contribution >= 4 is 17.3 Å². The zero-order valence-electron chi connectivity index (χ0n) is 11.9. The van der Waals surface area contributed by atoms with Gasteiger partial charge >= 0.3 is 0 Å². The minimum atomic E-state index is -0.0479. The summed E-state index contributed by atoms with van der Waals surface area (Å²) in [7, 11) is 3.08. The van der Waals surface area contributed by atoms with E-state index in [0.717, 1.165) is 6.42 Å². The van der Waals surface area contributed by atoms with Crippen LogP contribution >= 0.6 is 0 Å². The van der Waals surface area contributed by atoms with Gasteiger partial charge in [0.1, 0.15) is 0 Å². The summed E-state index contributed by atoms with van der Waals surface area (Å²) in [4.78, 5) is 11.8. The Morgan fingerprint density at radius 3 is 2.42 bits per heavy atom. The zero-order valence-corrected chi connectivity index (χ0v) is 11.9. The fraction of sp³-hybridized carbons (Fsp3) is 0.500. The SMILES string of the molecule is CCC(C)CC(=O)Nc1cc(OC)c(OC)cc1N. The maximum absolute atomic E-state index is 11.8. The van der Waals surface area contributed by atoms with Gasteiger partial charge in [0, 0.05) is 18.6 Å². The smallest absolute Gasteiger partial charge is 0.224 e. The van der Waals surface area contributed by atoms with E-state index in [-0.39, 0.29) is 5.91 Å². The third-order valence-electron chi connectivity index (χ3n) is 3.06. The number of ether oxygens (including phenoxy) is 2. The molecule has 0 saturated carbocycles. The van der Waals surface area contributed by atoms with Gasteiger partial charge < -0.3 is 20.5 Å². The molecule has 0 aromatic heterocycles. The molecule has 0 bridgehead atoms. The number of methoxy groups -OCH3 is 2. The number of rotatable bonds is 6. The first-order valence-electron chi connectivity index (χ1n) is 6.33. The number of benzene rings is 1. The van der Waals surface area contributed by atoms with Crippen molar-refractivity contribution in [2.24, 2.45) is 5.92 Å². The van der Waals surface area contributed by atoms with Crippen molar-refractivity contribution in [2.75, 3.05) is 25.3 Å². The van der Waals surface area contributed by atoms with Gasteiger partial charge in [0.15, 0.2) is 11.5 Å². The maximum atomic E-state index is 11.8. The molecule has 3 N–H and O–H groups in total. The lowest BCUT2D eigenvalue weighted by Gasteiger charge is -2.14. The van der Waals surface area contributed by atoms with E-state index >= 15 is 0 Å². The predicted molar refractivity (Wildman–Crippen MR) is 76.7 cm³/mol. The third kappa shape index (κ3) is 4.05. The van der Waals surface area contributed by atoms with Gasteiger partial charge in [-0.3, -0.25) is 4.79 Å². The molecule has 0 heterocycles. The molecule has 1 unspecified atom stereocenters. The fourth-order valence-corrected chi connectivity index (χ4v) is 1.67. The van der Waals surface area contributed by atoms with Crippen LogP contribution in [0.5, 0.6) is 11.5 Å². The van der Waals surface area contributed by atoms with Gasteiger partial charge in [-0.05, 0) is 5.92 Å². The lowest BCUT2D eigenvalue weighted by molar-refractivity contribution is -0.117. The second-order valence-corrected chi connectivity index (χ2v) is 4.56. The van der Waals surface area contributed by atoms with Crippen LogP contribution in [0.1, 0.15) is 26.7 Å². The highest BCUT2D eigenvalue weighted by molar-refractivity contribution is 5.94. The number of amides is 1. The summed E-state index contributed by atoms with van der Waals surface area (Å²) in [6.45, 7) is 4.10. The van der Waals surface area contributed by atoms with Crippen LogP contribution in [0.25, 0.3) is 0 Å². The van der Waals surface area contributed by atoms with Crippen LogP contribution in [0, 0.1) is 5.92 Å². The second-order valence-electron chi connectivity index (χ2n) is 4.56. The molecule has 1 aromatic carbocycles. The van der Waals surface area contributed by atoms with Crippen molar-refractivity contribution in [3.8, 4) is 11.5 Å². The molecule has 0 spiro atoms. The molecule has 1 aromatic rings. The van der Waals surface area contributed by atoms with E-state index in [1.54, 1.807) is 26.4 Å². The first kappa shape index (κ1) is 15.1. The van der Waals surface area contributed by atoms with Gasteiger partial charge in [0.2, 0.25) is 5.91 Å². The van der Waals surface area contributed by atoms with Crippen LogP contribution < -0.4 is 20.5 Å². The Kier molecular flexibility index (Phi) is 5.48. The Morgan fingerprint density at radius 2 is 1.89 bits per heavy atom. The number of nitrogens with two attached hydrogens (primary N) is 1. The molecular formula is C14H22N2O3. The fourth-order valence-electron chi connectivity index (χ4n) is 1.67. The van der Waals surface area contributed by atoms with Crippen molar-refractivity contribution in [3.05, 3.63) is 12.1 Å². The highest BCUT2D eigenvalue weighted by Crippen LogP contribution is 2.34. The standard InChI is InChI=1S/C14H22N2O3/c1-5-9(2)6-14(17)16-11-8-13(19-4)12(18-3)7-10(11)15/h7-9H,5-6,15H2,1-4H3,(H,16,17). The Bertz CT molecular complexity index is 447. The summed E-state index contributed by atoms with van der Waals surface area (Å²) in [6.07, 6.45) is 1.44. The molecule has 106 valence electrons. The molecule has 0 fully saturated rings. The van der Waals surface area contributed by atoms with Crippen molar-refractivity contribution < 1.29 is 14.3 Å².